The molecule has 162 valence electrons. The van der Waals surface area contributed by atoms with Crippen LogP contribution in [0, 0.1) is 0 Å². The first-order chi connectivity index (χ1) is 15.0. The molecule has 1 amide bonds. The summed E-state index contributed by atoms with van der Waals surface area (Å²) in [6, 6.07) is 8.17. The molecule has 0 aliphatic carbocycles. The van der Waals surface area contributed by atoms with Crippen LogP contribution in [-0.4, -0.2) is 27.5 Å². The number of ether oxygens (including phenoxy) is 1. The molecular weight excluding hydrogens is 398 g/mol. The van der Waals surface area contributed by atoms with Gasteiger partial charge in [-0.2, -0.15) is 0 Å². The number of carbonyl (C=O) groups excluding carboxylic acids is 2. The summed E-state index contributed by atoms with van der Waals surface area (Å²) in [5, 5.41) is 3.13. The lowest BCUT2D eigenvalue weighted by atomic mass is 10.1. The van der Waals surface area contributed by atoms with Gasteiger partial charge in [0.05, 0.1) is 29.3 Å². The molecule has 2 aromatic heterocycles. The van der Waals surface area contributed by atoms with Crippen LogP contribution in [0.5, 0.6) is 0 Å². The molecule has 0 spiro atoms. The minimum absolute atomic E-state index is 0.0764. The monoisotopic (exact) mass is 423 g/mol. The lowest BCUT2D eigenvalue weighted by Gasteiger charge is -2.16. The van der Waals surface area contributed by atoms with E-state index < -0.39 is 18.0 Å². The zero-order chi connectivity index (χ0) is 21.8. The number of hydrogen-bond donors (Lipinski definition) is 1. The van der Waals surface area contributed by atoms with Gasteiger partial charge in [0, 0.05) is 13.0 Å². The largest absolute Gasteiger partial charge is 0.467 e. The molecule has 1 atom stereocenters. The summed E-state index contributed by atoms with van der Waals surface area (Å²) < 4.78 is 12.2. The Labute approximate surface area is 179 Å². The molecular formula is C23H25N3O5. The molecule has 1 N–H and O–H groups in total. The van der Waals surface area contributed by atoms with Gasteiger partial charge in [-0.1, -0.05) is 12.8 Å². The van der Waals surface area contributed by atoms with Crippen LogP contribution in [-0.2, 0) is 29.0 Å². The Kier molecular flexibility index (Phi) is 6.16. The van der Waals surface area contributed by atoms with Crippen molar-refractivity contribution in [3.63, 3.8) is 0 Å². The molecule has 8 heteroatoms. The smallest absolute Gasteiger partial charge is 0.338 e. The fraction of sp³-hybridized carbons (Fsp3) is 0.391. The van der Waals surface area contributed by atoms with Crippen LogP contribution >= 0.6 is 0 Å². The highest BCUT2D eigenvalue weighted by Gasteiger charge is 2.20. The van der Waals surface area contributed by atoms with Crippen molar-refractivity contribution in [2.75, 3.05) is 0 Å². The number of nitrogens with one attached hydrogen (secondary N) is 1. The summed E-state index contributed by atoms with van der Waals surface area (Å²) in [5.41, 5.74) is 0.648. The van der Waals surface area contributed by atoms with Gasteiger partial charge < -0.3 is 14.5 Å². The van der Waals surface area contributed by atoms with E-state index in [-0.39, 0.29) is 17.7 Å². The number of rotatable bonds is 5. The molecule has 0 radical (unpaired) electrons. The normalized spacial score (nSPS) is 14.9. The molecule has 1 unspecified atom stereocenters. The molecule has 3 aromatic rings. The van der Waals surface area contributed by atoms with Gasteiger partial charge >= 0.3 is 5.97 Å². The number of aromatic nitrogens is 2. The van der Waals surface area contributed by atoms with Crippen molar-refractivity contribution in [1.29, 1.82) is 0 Å². The van der Waals surface area contributed by atoms with Crippen molar-refractivity contribution < 1.29 is 18.7 Å². The number of amides is 1. The zero-order valence-electron chi connectivity index (χ0n) is 17.4. The van der Waals surface area contributed by atoms with Crippen molar-refractivity contribution >= 4 is 22.8 Å². The van der Waals surface area contributed by atoms with E-state index in [9.17, 15) is 14.4 Å². The molecule has 0 saturated carbocycles. The summed E-state index contributed by atoms with van der Waals surface area (Å²) in [4.78, 5) is 42.3. The minimum Gasteiger partial charge on any atom is -0.467 e. The second-order valence-electron chi connectivity index (χ2n) is 7.73. The Morgan fingerprint density at radius 1 is 1.23 bits per heavy atom. The number of aryl methyl sites for hydroxylation is 1. The van der Waals surface area contributed by atoms with E-state index in [1.165, 1.54) is 19.3 Å². The molecule has 4 rings (SSSR count). The second-order valence-corrected chi connectivity index (χ2v) is 7.73. The third kappa shape index (κ3) is 4.68. The van der Waals surface area contributed by atoms with Gasteiger partial charge in [0.15, 0.2) is 6.10 Å². The number of esters is 1. The van der Waals surface area contributed by atoms with Gasteiger partial charge in [-0.3, -0.25) is 14.2 Å². The molecule has 1 aromatic carbocycles. The Morgan fingerprint density at radius 2 is 2.06 bits per heavy atom. The maximum Gasteiger partial charge on any atom is 0.338 e. The van der Waals surface area contributed by atoms with E-state index in [1.54, 1.807) is 28.8 Å². The molecule has 1 aliphatic heterocycles. The van der Waals surface area contributed by atoms with Crippen LogP contribution in [0.2, 0.25) is 0 Å². The van der Waals surface area contributed by atoms with E-state index in [2.05, 4.69) is 10.3 Å². The number of carbonyl (C=O) groups is 2. The molecule has 0 saturated heterocycles. The molecule has 0 fully saturated rings. The highest BCUT2D eigenvalue weighted by atomic mass is 16.5. The lowest BCUT2D eigenvalue weighted by molar-refractivity contribution is -0.129. The van der Waals surface area contributed by atoms with E-state index in [1.807, 2.05) is 0 Å². The van der Waals surface area contributed by atoms with Gasteiger partial charge in [-0.05, 0) is 50.1 Å². The quantitative estimate of drug-likeness (QED) is 0.633. The predicted molar refractivity (Wildman–Crippen MR) is 114 cm³/mol. The highest BCUT2D eigenvalue weighted by molar-refractivity contribution is 5.95. The van der Waals surface area contributed by atoms with Gasteiger partial charge in [-0.25, -0.2) is 9.78 Å². The summed E-state index contributed by atoms with van der Waals surface area (Å²) in [5.74, 6) is 0.293. The van der Waals surface area contributed by atoms with E-state index in [0.717, 1.165) is 37.9 Å². The summed E-state index contributed by atoms with van der Waals surface area (Å²) in [7, 11) is 0. The third-order valence-electron chi connectivity index (χ3n) is 5.47. The van der Waals surface area contributed by atoms with Crippen LogP contribution in [0.25, 0.3) is 10.9 Å². The van der Waals surface area contributed by atoms with Crippen LogP contribution in [0.4, 0.5) is 0 Å². The van der Waals surface area contributed by atoms with Crippen LogP contribution < -0.4 is 10.9 Å². The predicted octanol–water partition coefficient (Wildman–Crippen LogP) is 2.97. The van der Waals surface area contributed by atoms with Gasteiger partial charge in [0.1, 0.15) is 11.6 Å². The van der Waals surface area contributed by atoms with Gasteiger partial charge in [0.2, 0.25) is 0 Å². The second kappa shape index (κ2) is 9.16. The first-order valence-corrected chi connectivity index (χ1v) is 10.6. The van der Waals surface area contributed by atoms with Crippen LogP contribution in [0.1, 0.15) is 54.5 Å². The summed E-state index contributed by atoms with van der Waals surface area (Å²) in [6.07, 6.45) is 5.47. The number of furan rings is 1. The van der Waals surface area contributed by atoms with Gasteiger partial charge in [0.25, 0.3) is 11.5 Å². The highest BCUT2D eigenvalue weighted by Crippen LogP contribution is 2.17. The van der Waals surface area contributed by atoms with Crippen molar-refractivity contribution in [3.8, 4) is 0 Å². The van der Waals surface area contributed by atoms with Crippen molar-refractivity contribution in [3.05, 3.63) is 64.1 Å². The number of hydrogen-bond acceptors (Lipinski definition) is 6. The molecule has 8 nitrogen and oxygen atoms in total. The Balaban J connectivity index is 1.49. The fourth-order valence-electron chi connectivity index (χ4n) is 3.74. The number of fused-ring (bicyclic) bond motifs is 2. The van der Waals surface area contributed by atoms with E-state index >= 15 is 0 Å². The van der Waals surface area contributed by atoms with Crippen molar-refractivity contribution in [2.45, 2.75) is 58.2 Å². The van der Waals surface area contributed by atoms with Crippen molar-refractivity contribution in [2.24, 2.45) is 0 Å². The molecule has 3 heterocycles. The summed E-state index contributed by atoms with van der Waals surface area (Å²) >= 11 is 0. The standard InChI is InChI=1S/C23H25N3O5/c1-15(21(27)24-14-17-7-6-12-30-17)31-23(29)16-9-10-18-19(13-16)25-20-8-4-2-3-5-11-26(20)22(18)28/h6-7,9-10,12-13,15H,2-5,8,11,14H2,1H3,(H,24,27). The van der Waals surface area contributed by atoms with Crippen LogP contribution in [0.3, 0.4) is 0 Å². The van der Waals surface area contributed by atoms with Crippen LogP contribution in [0.15, 0.2) is 45.8 Å². The summed E-state index contributed by atoms with van der Waals surface area (Å²) in [6.45, 7) is 2.39. The maximum atomic E-state index is 12.9. The van der Waals surface area contributed by atoms with E-state index in [0.29, 0.717) is 23.2 Å². The first kappa shape index (κ1) is 20.8. The Bertz CT molecular complexity index is 1150. The third-order valence-corrected chi connectivity index (χ3v) is 5.47. The maximum absolute atomic E-state index is 12.9. The topological polar surface area (TPSA) is 103 Å². The Morgan fingerprint density at radius 3 is 2.87 bits per heavy atom. The zero-order valence-corrected chi connectivity index (χ0v) is 17.4. The lowest BCUT2D eigenvalue weighted by Crippen LogP contribution is -2.35. The number of nitrogens with zero attached hydrogens (tertiary/aromatic N) is 2. The molecule has 0 bridgehead atoms. The number of benzene rings is 1. The average molecular weight is 423 g/mol. The fourth-order valence-corrected chi connectivity index (χ4v) is 3.74. The van der Waals surface area contributed by atoms with Crippen molar-refractivity contribution in [1.82, 2.24) is 14.9 Å². The van der Waals surface area contributed by atoms with E-state index in [4.69, 9.17) is 9.15 Å². The molecule has 31 heavy (non-hydrogen) atoms. The average Bonchev–Trinajstić information content (AvgIpc) is 3.26. The minimum atomic E-state index is -0.979. The first-order valence-electron chi connectivity index (χ1n) is 10.6. The molecule has 1 aliphatic rings. The Hall–Kier alpha value is -3.42. The SMILES string of the molecule is CC(OC(=O)c1ccc2c(=O)n3c(nc2c1)CCCCCC3)C(=O)NCc1ccco1. The van der Waals surface area contributed by atoms with Gasteiger partial charge in [-0.15, -0.1) is 0 Å².